The number of amides is 1. The molecule has 2 fully saturated rings. The molecule has 0 aromatic carbocycles. The fraction of sp³-hybridized carbons (Fsp3) is 0.882. The summed E-state index contributed by atoms with van der Waals surface area (Å²) in [5.41, 5.74) is 0. The first-order valence-corrected chi connectivity index (χ1v) is 9.71. The Morgan fingerprint density at radius 3 is 2.50 bits per heavy atom. The molecule has 1 aliphatic heterocycles. The van der Waals surface area contributed by atoms with Crippen molar-refractivity contribution in [2.45, 2.75) is 70.7 Å². The van der Waals surface area contributed by atoms with Gasteiger partial charge in [-0.15, -0.1) is 11.8 Å². The fourth-order valence-corrected chi connectivity index (χ4v) is 5.00. The Morgan fingerprint density at radius 2 is 1.91 bits per heavy atom. The van der Waals surface area contributed by atoms with Crippen LogP contribution in [-0.2, 0) is 14.3 Å². The lowest BCUT2D eigenvalue weighted by Gasteiger charge is -2.36. The molecule has 2 aliphatic rings. The molecule has 4 nitrogen and oxygen atoms in total. The number of hydrogen-bond donors (Lipinski definition) is 0. The Labute approximate surface area is 138 Å². The number of esters is 1. The van der Waals surface area contributed by atoms with Crippen molar-refractivity contribution in [3.05, 3.63) is 0 Å². The van der Waals surface area contributed by atoms with Gasteiger partial charge in [0.2, 0.25) is 5.91 Å². The number of rotatable bonds is 5. The molecule has 0 aromatic rings. The first-order valence-electron chi connectivity index (χ1n) is 8.66. The van der Waals surface area contributed by atoms with E-state index in [2.05, 4.69) is 0 Å². The van der Waals surface area contributed by atoms with Gasteiger partial charge < -0.3 is 9.64 Å². The highest BCUT2D eigenvalue weighted by atomic mass is 32.2. The van der Waals surface area contributed by atoms with Crippen molar-refractivity contribution in [2.75, 3.05) is 12.4 Å². The van der Waals surface area contributed by atoms with Crippen LogP contribution in [0.3, 0.4) is 0 Å². The molecule has 0 N–H and O–H groups in total. The lowest BCUT2D eigenvalue weighted by atomic mass is 9.88. The number of carbonyl (C=O) groups excluding carboxylic acids is 2. The summed E-state index contributed by atoms with van der Waals surface area (Å²) in [4.78, 5) is 26.9. The Bertz CT molecular complexity index is 393. The van der Waals surface area contributed by atoms with Crippen LogP contribution in [0, 0.1) is 11.8 Å². The van der Waals surface area contributed by atoms with Crippen molar-refractivity contribution < 1.29 is 14.3 Å². The largest absolute Gasteiger partial charge is 0.464 e. The van der Waals surface area contributed by atoms with Crippen molar-refractivity contribution in [1.29, 1.82) is 0 Å². The van der Waals surface area contributed by atoms with E-state index in [-0.39, 0.29) is 23.2 Å². The zero-order chi connectivity index (χ0) is 16.1. The summed E-state index contributed by atoms with van der Waals surface area (Å²) in [5, 5.41) is 0.161. The maximum absolute atomic E-state index is 12.7. The lowest BCUT2D eigenvalue weighted by Crippen LogP contribution is -2.50. The van der Waals surface area contributed by atoms with Gasteiger partial charge in [0.05, 0.1) is 12.0 Å². The van der Waals surface area contributed by atoms with Crippen molar-refractivity contribution in [2.24, 2.45) is 11.8 Å². The highest BCUT2D eigenvalue weighted by Crippen LogP contribution is 2.41. The third-order valence-electron chi connectivity index (χ3n) is 4.56. The van der Waals surface area contributed by atoms with Crippen LogP contribution < -0.4 is 0 Å². The molecule has 0 radical (unpaired) electrons. The molecule has 1 heterocycles. The second-order valence-electron chi connectivity index (χ2n) is 6.71. The number of carbonyl (C=O) groups is 2. The predicted octanol–water partition coefficient (Wildman–Crippen LogP) is 3.45. The van der Waals surface area contributed by atoms with Gasteiger partial charge in [-0.2, -0.15) is 0 Å². The average Bonchev–Trinajstić information content (AvgIpc) is 2.97. The maximum atomic E-state index is 12.7. The molecule has 2 atom stereocenters. The molecule has 1 amide bonds. The smallest absolute Gasteiger partial charge is 0.329 e. The predicted molar refractivity (Wildman–Crippen MR) is 89.5 cm³/mol. The van der Waals surface area contributed by atoms with E-state index in [0.29, 0.717) is 18.3 Å². The van der Waals surface area contributed by atoms with E-state index in [9.17, 15) is 9.59 Å². The molecule has 5 heteroatoms. The Hall–Kier alpha value is -0.710. The average molecular weight is 327 g/mol. The van der Waals surface area contributed by atoms with E-state index in [1.54, 1.807) is 11.8 Å². The van der Waals surface area contributed by atoms with Crippen LogP contribution >= 0.6 is 11.8 Å². The van der Waals surface area contributed by atoms with E-state index in [1.165, 1.54) is 32.1 Å². The highest BCUT2D eigenvalue weighted by Gasteiger charge is 2.45. The topological polar surface area (TPSA) is 46.6 Å². The first-order chi connectivity index (χ1) is 10.6. The van der Waals surface area contributed by atoms with E-state index in [0.717, 1.165) is 6.42 Å². The van der Waals surface area contributed by atoms with Gasteiger partial charge in [0.25, 0.3) is 0 Å². The van der Waals surface area contributed by atoms with E-state index in [4.69, 9.17) is 4.74 Å². The first kappa shape index (κ1) is 17.6. The van der Waals surface area contributed by atoms with Gasteiger partial charge in [0.1, 0.15) is 6.04 Å². The van der Waals surface area contributed by atoms with Crippen LogP contribution in [-0.4, -0.2) is 40.6 Å². The molecular weight excluding hydrogens is 298 g/mol. The lowest BCUT2D eigenvalue weighted by molar-refractivity contribution is -0.155. The van der Waals surface area contributed by atoms with Crippen molar-refractivity contribution in [3.8, 4) is 0 Å². The molecule has 126 valence electrons. The van der Waals surface area contributed by atoms with E-state index in [1.807, 2.05) is 25.7 Å². The van der Waals surface area contributed by atoms with Gasteiger partial charge in [-0.05, 0) is 25.2 Å². The second-order valence-corrected chi connectivity index (χ2v) is 7.86. The standard InChI is InChI=1S/C17H29NO3S/c1-4-10-21-17(20)14-11-22-16(13-8-6-5-7-9-13)18(14)15(19)12(2)3/h12-14,16H,4-11H2,1-3H3. The van der Waals surface area contributed by atoms with Crippen molar-refractivity contribution in [3.63, 3.8) is 0 Å². The molecule has 1 aliphatic carbocycles. The van der Waals surface area contributed by atoms with Crippen LogP contribution in [0.15, 0.2) is 0 Å². The molecule has 2 rings (SSSR count). The van der Waals surface area contributed by atoms with Gasteiger partial charge in [0, 0.05) is 11.7 Å². The molecule has 0 aromatic heterocycles. The van der Waals surface area contributed by atoms with Gasteiger partial charge >= 0.3 is 5.97 Å². The summed E-state index contributed by atoms with van der Waals surface area (Å²) in [7, 11) is 0. The quantitative estimate of drug-likeness (QED) is 0.726. The minimum absolute atomic E-state index is 0.0775. The van der Waals surface area contributed by atoms with Crippen LogP contribution in [0.5, 0.6) is 0 Å². The summed E-state index contributed by atoms with van der Waals surface area (Å²) < 4.78 is 5.32. The fourth-order valence-electron chi connectivity index (χ4n) is 3.37. The zero-order valence-electron chi connectivity index (χ0n) is 14.0. The third-order valence-corrected chi connectivity index (χ3v) is 6.02. The van der Waals surface area contributed by atoms with Gasteiger partial charge in [-0.3, -0.25) is 4.79 Å². The van der Waals surface area contributed by atoms with Crippen LogP contribution in [0.1, 0.15) is 59.3 Å². The van der Waals surface area contributed by atoms with E-state index >= 15 is 0 Å². The Morgan fingerprint density at radius 1 is 1.23 bits per heavy atom. The number of ether oxygens (including phenoxy) is 1. The summed E-state index contributed by atoms with van der Waals surface area (Å²) in [5.74, 6) is 1.01. The summed E-state index contributed by atoms with van der Waals surface area (Å²) in [6.45, 7) is 6.26. The van der Waals surface area contributed by atoms with Crippen molar-refractivity contribution >= 4 is 23.6 Å². The van der Waals surface area contributed by atoms with Gasteiger partial charge in [0.15, 0.2) is 0 Å². The summed E-state index contributed by atoms with van der Waals surface area (Å²) in [6.07, 6.45) is 6.96. The van der Waals surface area contributed by atoms with Crippen LogP contribution in [0.4, 0.5) is 0 Å². The Balaban J connectivity index is 2.12. The third kappa shape index (κ3) is 3.98. The molecule has 0 bridgehead atoms. The molecule has 0 spiro atoms. The maximum Gasteiger partial charge on any atom is 0.329 e. The minimum Gasteiger partial charge on any atom is -0.464 e. The molecule has 2 unspecified atom stereocenters. The van der Waals surface area contributed by atoms with Gasteiger partial charge in [-0.1, -0.05) is 40.0 Å². The van der Waals surface area contributed by atoms with Crippen molar-refractivity contribution in [1.82, 2.24) is 4.90 Å². The summed E-state index contributed by atoms with van der Waals surface area (Å²) >= 11 is 1.78. The highest BCUT2D eigenvalue weighted by molar-refractivity contribution is 8.00. The Kier molecular flexibility index (Phi) is 6.60. The zero-order valence-corrected chi connectivity index (χ0v) is 14.9. The number of nitrogens with zero attached hydrogens (tertiary/aromatic N) is 1. The monoisotopic (exact) mass is 327 g/mol. The number of thioether (sulfide) groups is 1. The molecule has 1 saturated carbocycles. The van der Waals surface area contributed by atoms with E-state index < -0.39 is 6.04 Å². The SMILES string of the molecule is CCCOC(=O)C1CSC(C2CCCCC2)N1C(=O)C(C)C. The number of hydrogen-bond acceptors (Lipinski definition) is 4. The summed E-state index contributed by atoms with van der Waals surface area (Å²) in [6, 6.07) is -0.390. The normalized spacial score (nSPS) is 26.5. The second kappa shape index (κ2) is 8.23. The molecule has 1 saturated heterocycles. The van der Waals surface area contributed by atoms with Gasteiger partial charge in [-0.25, -0.2) is 4.79 Å². The molecule has 22 heavy (non-hydrogen) atoms. The van der Waals surface area contributed by atoms with Crippen LogP contribution in [0.25, 0.3) is 0 Å². The molecular formula is C17H29NO3S. The van der Waals surface area contributed by atoms with Crippen LogP contribution in [0.2, 0.25) is 0 Å². The minimum atomic E-state index is -0.390.